The van der Waals surface area contributed by atoms with Crippen molar-refractivity contribution < 1.29 is 13.9 Å². The molecule has 1 aliphatic carbocycles. The molecule has 5 nitrogen and oxygen atoms in total. The Balaban J connectivity index is 1.49. The largest absolute Gasteiger partial charge is 0.493 e. The van der Waals surface area contributed by atoms with Crippen molar-refractivity contribution >= 4 is 11.3 Å². The van der Waals surface area contributed by atoms with Gasteiger partial charge in [-0.25, -0.2) is 4.98 Å². The fourth-order valence-corrected chi connectivity index (χ4v) is 3.96. The Morgan fingerprint density at radius 3 is 2.81 bits per heavy atom. The SMILES string of the molecule is CCOc1ccc(-c2nc(CN(Cc3ccco3)C3CC3)cs2)cc1OC. The van der Waals surface area contributed by atoms with Gasteiger partial charge in [-0.05, 0) is 50.1 Å². The van der Waals surface area contributed by atoms with Gasteiger partial charge in [0.2, 0.25) is 0 Å². The van der Waals surface area contributed by atoms with E-state index in [-0.39, 0.29) is 0 Å². The number of hydrogen-bond donors (Lipinski definition) is 0. The molecule has 0 aliphatic heterocycles. The van der Waals surface area contributed by atoms with Crippen molar-refractivity contribution in [3.05, 3.63) is 53.4 Å². The molecule has 0 atom stereocenters. The van der Waals surface area contributed by atoms with Crippen LogP contribution in [0.15, 0.2) is 46.4 Å². The van der Waals surface area contributed by atoms with Crippen LogP contribution in [-0.2, 0) is 13.1 Å². The fraction of sp³-hybridized carbons (Fsp3) is 0.381. The van der Waals surface area contributed by atoms with E-state index in [0.29, 0.717) is 12.6 Å². The number of methoxy groups -OCH3 is 1. The molecule has 0 radical (unpaired) electrons. The molecule has 0 N–H and O–H groups in total. The van der Waals surface area contributed by atoms with Crippen LogP contribution >= 0.6 is 11.3 Å². The van der Waals surface area contributed by atoms with Gasteiger partial charge in [0.15, 0.2) is 11.5 Å². The van der Waals surface area contributed by atoms with Crippen LogP contribution in [0.5, 0.6) is 11.5 Å². The molecule has 1 saturated carbocycles. The summed E-state index contributed by atoms with van der Waals surface area (Å²) in [4.78, 5) is 7.32. The molecular weight excluding hydrogens is 360 g/mol. The molecule has 2 heterocycles. The van der Waals surface area contributed by atoms with Crippen LogP contribution in [0.3, 0.4) is 0 Å². The third-order valence-corrected chi connectivity index (χ3v) is 5.57. The Labute approximate surface area is 163 Å². The van der Waals surface area contributed by atoms with E-state index in [1.54, 1.807) is 24.7 Å². The maximum atomic E-state index is 5.60. The number of hydrogen-bond acceptors (Lipinski definition) is 6. The molecule has 3 aromatic rings. The van der Waals surface area contributed by atoms with Gasteiger partial charge in [-0.3, -0.25) is 4.90 Å². The zero-order chi connectivity index (χ0) is 18.6. The van der Waals surface area contributed by atoms with Crippen molar-refractivity contribution in [3.63, 3.8) is 0 Å². The molecular formula is C21H24N2O3S. The first-order chi connectivity index (χ1) is 13.3. The van der Waals surface area contributed by atoms with Gasteiger partial charge in [-0.1, -0.05) is 0 Å². The predicted octanol–water partition coefficient (Wildman–Crippen LogP) is 4.98. The molecule has 0 saturated heterocycles. The van der Waals surface area contributed by atoms with Crippen LogP contribution in [-0.4, -0.2) is 29.6 Å². The van der Waals surface area contributed by atoms with Gasteiger partial charge in [0.05, 0.1) is 32.2 Å². The first-order valence-corrected chi connectivity index (χ1v) is 10.2. The quantitative estimate of drug-likeness (QED) is 0.521. The van der Waals surface area contributed by atoms with Gasteiger partial charge in [-0.15, -0.1) is 11.3 Å². The number of ether oxygens (including phenoxy) is 2. The van der Waals surface area contributed by atoms with E-state index in [9.17, 15) is 0 Å². The molecule has 0 unspecified atom stereocenters. The average molecular weight is 385 g/mol. The topological polar surface area (TPSA) is 47.7 Å². The lowest BCUT2D eigenvalue weighted by Crippen LogP contribution is -2.25. The number of nitrogens with zero attached hydrogens (tertiary/aromatic N) is 2. The monoisotopic (exact) mass is 384 g/mol. The van der Waals surface area contributed by atoms with Crippen LogP contribution in [0.2, 0.25) is 0 Å². The van der Waals surface area contributed by atoms with Crippen molar-refractivity contribution in [1.82, 2.24) is 9.88 Å². The van der Waals surface area contributed by atoms with E-state index < -0.39 is 0 Å². The van der Waals surface area contributed by atoms with E-state index in [0.717, 1.165) is 46.6 Å². The van der Waals surface area contributed by atoms with Crippen LogP contribution in [0.1, 0.15) is 31.2 Å². The van der Waals surface area contributed by atoms with Crippen molar-refractivity contribution in [2.24, 2.45) is 0 Å². The van der Waals surface area contributed by atoms with Crippen molar-refractivity contribution in [3.8, 4) is 22.1 Å². The molecule has 27 heavy (non-hydrogen) atoms. The highest BCUT2D eigenvalue weighted by Gasteiger charge is 2.30. The molecule has 1 fully saturated rings. The second-order valence-electron chi connectivity index (χ2n) is 6.66. The molecule has 6 heteroatoms. The molecule has 142 valence electrons. The number of benzene rings is 1. The Morgan fingerprint density at radius 1 is 1.22 bits per heavy atom. The molecule has 2 aromatic heterocycles. The van der Waals surface area contributed by atoms with Gasteiger partial charge in [0.1, 0.15) is 10.8 Å². The lowest BCUT2D eigenvalue weighted by atomic mass is 10.2. The van der Waals surface area contributed by atoms with Crippen LogP contribution in [0.25, 0.3) is 10.6 Å². The number of aromatic nitrogens is 1. The van der Waals surface area contributed by atoms with E-state index in [1.165, 1.54) is 12.8 Å². The minimum absolute atomic E-state index is 0.615. The Bertz CT molecular complexity index is 871. The summed E-state index contributed by atoms with van der Waals surface area (Å²) in [7, 11) is 1.66. The fourth-order valence-electron chi connectivity index (χ4n) is 3.15. The molecule has 4 rings (SSSR count). The average Bonchev–Trinajstić information content (AvgIpc) is 3.21. The number of furan rings is 1. The zero-order valence-electron chi connectivity index (χ0n) is 15.7. The van der Waals surface area contributed by atoms with Crippen molar-refractivity contribution in [2.75, 3.05) is 13.7 Å². The molecule has 0 bridgehead atoms. The Morgan fingerprint density at radius 2 is 2.11 bits per heavy atom. The van der Waals surface area contributed by atoms with Crippen LogP contribution in [0, 0.1) is 0 Å². The summed E-state index contributed by atoms with van der Waals surface area (Å²) < 4.78 is 16.6. The highest BCUT2D eigenvalue weighted by molar-refractivity contribution is 7.13. The molecule has 0 spiro atoms. The summed E-state index contributed by atoms with van der Waals surface area (Å²) in [5.74, 6) is 2.51. The highest BCUT2D eigenvalue weighted by Crippen LogP contribution is 2.35. The summed E-state index contributed by atoms with van der Waals surface area (Å²) in [6.45, 7) is 4.26. The third kappa shape index (κ3) is 4.34. The predicted molar refractivity (Wildman–Crippen MR) is 106 cm³/mol. The summed E-state index contributed by atoms with van der Waals surface area (Å²) >= 11 is 1.67. The zero-order valence-corrected chi connectivity index (χ0v) is 16.5. The van der Waals surface area contributed by atoms with Crippen molar-refractivity contribution in [2.45, 2.75) is 38.9 Å². The van der Waals surface area contributed by atoms with E-state index >= 15 is 0 Å². The van der Waals surface area contributed by atoms with Crippen LogP contribution in [0.4, 0.5) is 0 Å². The van der Waals surface area contributed by atoms with E-state index in [2.05, 4.69) is 10.3 Å². The summed E-state index contributed by atoms with van der Waals surface area (Å²) in [5.41, 5.74) is 2.15. The molecule has 1 aromatic carbocycles. The van der Waals surface area contributed by atoms with Gasteiger partial charge in [0.25, 0.3) is 0 Å². The van der Waals surface area contributed by atoms with E-state index in [1.807, 2.05) is 37.3 Å². The van der Waals surface area contributed by atoms with Crippen molar-refractivity contribution in [1.29, 1.82) is 0 Å². The van der Waals surface area contributed by atoms with Gasteiger partial charge in [0, 0.05) is 23.5 Å². The van der Waals surface area contributed by atoms with Gasteiger partial charge in [-0.2, -0.15) is 0 Å². The molecule has 1 aliphatic rings. The number of rotatable bonds is 9. The second kappa shape index (κ2) is 8.15. The molecule has 0 amide bonds. The summed E-state index contributed by atoms with van der Waals surface area (Å²) in [6, 6.07) is 10.6. The summed E-state index contributed by atoms with van der Waals surface area (Å²) in [6.07, 6.45) is 4.25. The standard InChI is InChI=1S/C21H24N2O3S/c1-3-25-19-9-6-15(11-20(19)24-2)21-22-16(14-27-21)12-23(17-7-8-17)13-18-5-4-10-26-18/h4-6,9-11,14,17H,3,7-8,12-13H2,1-2H3. The number of thiazole rings is 1. The minimum atomic E-state index is 0.615. The normalized spacial score (nSPS) is 13.9. The lowest BCUT2D eigenvalue weighted by molar-refractivity contribution is 0.223. The maximum Gasteiger partial charge on any atom is 0.161 e. The first-order valence-electron chi connectivity index (χ1n) is 9.29. The summed E-state index contributed by atoms with van der Waals surface area (Å²) in [5, 5.41) is 3.15. The minimum Gasteiger partial charge on any atom is -0.493 e. The third-order valence-electron chi connectivity index (χ3n) is 4.63. The van der Waals surface area contributed by atoms with Gasteiger partial charge < -0.3 is 13.9 Å². The lowest BCUT2D eigenvalue weighted by Gasteiger charge is -2.19. The smallest absolute Gasteiger partial charge is 0.161 e. The second-order valence-corrected chi connectivity index (χ2v) is 7.52. The first kappa shape index (κ1) is 18.1. The van der Waals surface area contributed by atoms with Crippen LogP contribution < -0.4 is 9.47 Å². The van der Waals surface area contributed by atoms with E-state index in [4.69, 9.17) is 18.9 Å². The maximum absolute atomic E-state index is 5.60. The highest BCUT2D eigenvalue weighted by atomic mass is 32.1. The Hall–Kier alpha value is -2.31. The Kier molecular flexibility index (Phi) is 5.45. The van der Waals surface area contributed by atoms with Gasteiger partial charge >= 0.3 is 0 Å².